The molecule has 0 aliphatic rings. The number of carbonyl (C=O) groups is 1. The third-order valence-electron chi connectivity index (χ3n) is 0.813. The molecule has 0 aromatic carbocycles. The zero-order valence-corrected chi connectivity index (χ0v) is 12.8. The van der Waals surface area contributed by atoms with Crippen LogP contribution in [0.3, 0.4) is 0 Å². The van der Waals surface area contributed by atoms with Gasteiger partial charge in [-0.3, -0.25) is 0 Å². The molecule has 0 fully saturated rings. The molecule has 0 saturated heterocycles. The molecule has 2 nitrogen and oxygen atoms in total. The molecule has 0 unspecified atom stereocenters. The third kappa shape index (κ3) is 3.24. The number of hydrogen-bond donors (Lipinski definition) is 0. The molecule has 0 aromatic heterocycles. The molecule has 0 saturated carbocycles. The van der Waals surface area contributed by atoms with Gasteiger partial charge in [0, 0.05) is 0 Å². The molecule has 0 aliphatic heterocycles. The Morgan fingerprint density at radius 1 is 1.50 bits per heavy atom. The summed E-state index contributed by atoms with van der Waals surface area (Å²) < 4.78 is 38.8. The van der Waals surface area contributed by atoms with Gasteiger partial charge in [0.15, 0.2) is 0 Å². The number of esters is 1. The molecule has 0 N–H and O–H groups in total. The van der Waals surface area contributed by atoms with Crippen LogP contribution in [-0.4, -0.2) is 12.1 Å². The molecule has 0 amide bonds. The SMILES string of the molecule is C=C(C(=O)O[CH-]C)C(F)(F)F.[Rf]. The van der Waals surface area contributed by atoms with Gasteiger partial charge >= 0.3 is 12.1 Å². The van der Waals surface area contributed by atoms with E-state index in [1.54, 1.807) is 0 Å². The summed E-state index contributed by atoms with van der Waals surface area (Å²) in [5.41, 5.74) is -1.50. The molecular weight excluding hydrogens is 428 g/mol. The first kappa shape index (κ1) is 12.7. The van der Waals surface area contributed by atoms with E-state index >= 15 is 0 Å². The molecule has 0 rings (SSSR count). The minimum absolute atomic E-state index is 0. The van der Waals surface area contributed by atoms with E-state index in [-0.39, 0.29) is 0 Å². The second-order valence-electron chi connectivity index (χ2n) is 1.62. The summed E-state index contributed by atoms with van der Waals surface area (Å²) in [7, 11) is 0. The van der Waals surface area contributed by atoms with Gasteiger partial charge in [0.05, 0.1) is 0 Å². The summed E-state index contributed by atoms with van der Waals surface area (Å²) in [5, 5.41) is 0. The van der Waals surface area contributed by atoms with Crippen LogP contribution >= 0.6 is 0 Å². The first-order valence-corrected chi connectivity index (χ1v) is 2.64. The fraction of sp³-hybridized carbons (Fsp3) is 0.333. The van der Waals surface area contributed by atoms with Crippen molar-refractivity contribution < 1.29 is 22.7 Å². The van der Waals surface area contributed by atoms with Gasteiger partial charge in [-0.05, 0) is 0 Å². The maximum atomic E-state index is 11.6. The Morgan fingerprint density at radius 3 is 2.17 bits per heavy atom. The Morgan fingerprint density at radius 2 is 1.92 bits per heavy atom. The van der Waals surface area contributed by atoms with Crippen molar-refractivity contribution in [2.24, 2.45) is 0 Å². The van der Waals surface area contributed by atoms with Gasteiger partial charge in [0.25, 0.3) is 0 Å². The molecular formula is C6H6F3O2Rf-. The van der Waals surface area contributed by atoms with Crippen LogP contribution in [0, 0.1) is 6.61 Å². The van der Waals surface area contributed by atoms with Crippen LogP contribution in [0.4, 0.5) is 13.2 Å². The van der Waals surface area contributed by atoms with Crippen molar-refractivity contribution in [1.82, 2.24) is 0 Å². The Kier molecular flexibility index (Phi) is 4.22. The summed E-state index contributed by atoms with van der Waals surface area (Å²) in [4.78, 5) is 10.3. The van der Waals surface area contributed by atoms with Crippen LogP contribution in [-0.2, 0) is 9.53 Å². The van der Waals surface area contributed by atoms with Crippen LogP contribution in [0.25, 0.3) is 0 Å². The fourth-order valence-electron chi connectivity index (χ4n) is 0.294. The predicted octanol–water partition coefficient (Wildman–Crippen LogP) is 1.83. The van der Waals surface area contributed by atoms with E-state index in [2.05, 4.69) is 11.3 Å². The van der Waals surface area contributed by atoms with E-state index in [4.69, 9.17) is 0 Å². The maximum absolute atomic E-state index is 11.6. The molecule has 6 heteroatoms. The first-order chi connectivity index (χ1) is 4.89. The van der Waals surface area contributed by atoms with Crippen molar-refractivity contribution >= 4 is 5.97 Å². The van der Waals surface area contributed by atoms with Crippen LogP contribution in [0.2, 0.25) is 0 Å². The zero-order chi connectivity index (χ0) is 9.07. The van der Waals surface area contributed by atoms with Crippen molar-refractivity contribution in [3.63, 3.8) is 0 Å². The van der Waals surface area contributed by atoms with E-state index in [9.17, 15) is 18.0 Å². The third-order valence-corrected chi connectivity index (χ3v) is 0.813. The van der Waals surface area contributed by atoms with Gasteiger partial charge < -0.3 is 4.74 Å². The Balaban J connectivity index is 0. The number of alkyl halides is 3. The van der Waals surface area contributed by atoms with E-state index in [1.807, 2.05) is 0 Å². The minimum Gasteiger partial charge on any atom is -0.634 e. The number of rotatable bonds is 2. The Labute approximate surface area is 61.6 Å². The van der Waals surface area contributed by atoms with Gasteiger partial charge in [0.2, 0.25) is 0 Å². The standard InChI is InChI=1S/C6H6F3O2.Rf/c1-3-11-5(10)4(2)6(7,8)9;/h3H,2H2,1H3;/q-1;. The molecule has 66 valence electrons. The van der Waals surface area contributed by atoms with Crippen LogP contribution in [0.5, 0.6) is 0 Å². The van der Waals surface area contributed by atoms with Crippen molar-refractivity contribution in [2.45, 2.75) is 13.1 Å². The maximum Gasteiger partial charge on any atom is 0.422 e. The van der Waals surface area contributed by atoms with Gasteiger partial charge in [-0.1, -0.05) is 6.58 Å². The van der Waals surface area contributed by atoms with E-state index < -0.39 is 17.7 Å². The average molecular weight is 434 g/mol. The molecule has 0 radical (unpaired) electrons. The monoisotopic (exact) mass is 434 g/mol. The second kappa shape index (κ2) is 4.00. The zero-order valence-electron chi connectivity index (χ0n) is 6.44. The molecule has 0 spiro atoms. The van der Waals surface area contributed by atoms with Crippen molar-refractivity contribution in [3.05, 3.63) is 18.8 Å². The summed E-state index contributed by atoms with van der Waals surface area (Å²) in [6, 6.07) is 0. The largest absolute Gasteiger partial charge is 0.634 e. The quantitative estimate of drug-likeness (QED) is 0.377. The number of halogens is 3. The van der Waals surface area contributed by atoms with Crippen molar-refractivity contribution in [3.8, 4) is 0 Å². The summed E-state index contributed by atoms with van der Waals surface area (Å²) >= 11 is 0. The van der Waals surface area contributed by atoms with E-state index in [0.717, 1.165) is 6.61 Å². The van der Waals surface area contributed by atoms with Gasteiger partial charge in [0.1, 0.15) is 5.57 Å². The van der Waals surface area contributed by atoms with Crippen LogP contribution in [0.1, 0.15) is 6.92 Å². The molecule has 0 atom stereocenters. The molecule has 0 aliphatic carbocycles. The Hall–Kier alpha value is -2.00. The first-order valence-electron chi connectivity index (χ1n) is 2.64. The molecule has 0 aromatic rings. The summed E-state index contributed by atoms with van der Waals surface area (Å²) in [5.74, 6) is -1.47. The van der Waals surface area contributed by atoms with E-state index in [0.29, 0.717) is 0 Å². The fourth-order valence-corrected chi connectivity index (χ4v) is 0.294. The number of carbonyl (C=O) groups excluding carboxylic acids is 1. The summed E-state index contributed by atoms with van der Waals surface area (Å²) in [6.45, 7) is 4.68. The Bertz CT molecular complexity index is 176. The van der Waals surface area contributed by atoms with Crippen molar-refractivity contribution in [2.75, 3.05) is 0 Å². The number of ether oxygens (including phenoxy) is 1. The van der Waals surface area contributed by atoms with Crippen LogP contribution < -0.4 is 0 Å². The molecule has 0 bridgehead atoms. The minimum atomic E-state index is -4.71. The number of hydrogen-bond acceptors (Lipinski definition) is 2. The van der Waals surface area contributed by atoms with Gasteiger partial charge in [-0.25, -0.2) is 4.79 Å². The smallest absolute Gasteiger partial charge is 0.422 e. The van der Waals surface area contributed by atoms with E-state index in [1.165, 1.54) is 6.92 Å². The van der Waals surface area contributed by atoms with Gasteiger partial charge in [-0.15, -0.1) is 0 Å². The van der Waals surface area contributed by atoms with Crippen molar-refractivity contribution in [1.29, 1.82) is 0 Å². The van der Waals surface area contributed by atoms with Gasteiger partial charge in [-0.2, -0.15) is 26.7 Å². The van der Waals surface area contributed by atoms with Crippen LogP contribution in [0.15, 0.2) is 12.2 Å². The summed E-state index contributed by atoms with van der Waals surface area (Å²) in [6.07, 6.45) is -4.71. The second-order valence-corrected chi connectivity index (χ2v) is 1.62. The molecule has 12 heavy (non-hydrogen) atoms. The average Bonchev–Trinajstić information content (AvgIpc) is 1.85. The molecule has 0 heterocycles. The predicted molar refractivity (Wildman–Crippen MR) is 31.3 cm³/mol. The normalized spacial score (nSPS) is 10.0. The topological polar surface area (TPSA) is 26.3 Å².